The number of carboxylic acids is 1. The van der Waals surface area contributed by atoms with Gasteiger partial charge in [-0.05, 0) is 36.7 Å². The molecular weight excluding hydrogens is 517 g/mol. The van der Waals surface area contributed by atoms with E-state index in [1.165, 1.54) is 10.9 Å². The Bertz CT molecular complexity index is 1430. The van der Waals surface area contributed by atoms with Crippen molar-refractivity contribution in [2.75, 3.05) is 33.2 Å². The maximum atomic E-state index is 12.7. The van der Waals surface area contributed by atoms with E-state index in [0.717, 1.165) is 38.3 Å². The molecule has 39 heavy (non-hydrogen) atoms. The molecule has 4 aromatic rings. The average Bonchev–Trinajstić information content (AvgIpc) is 3.57. The molecule has 0 radical (unpaired) electrons. The number of pyridine rings is 1. The number of benzene rings is 1. The van der Waals surface area contributed by atoms with Crippen LogP contribution in [0.15, 0.2) is 59.4 Å². The van der Waals surface area contributed by atoms with Gasteiger partial charge in [0.2, 0.25) is 11.7 Å². The number of carbonyl (C=O) groups excluding carboxylic acids is 1. The molecule has 0 saturated carbocycles. The van der Waals surface area contributed by atoms with Gasteiger partial charge in [-0.2, -0.15) is 18.2 Å². The minimum atomic E-state index is -5.08. The zero-order chi connectivity index (χ0) is 28.2. The summed E-state index contributed by atoms with van der Waals surface area (Å²) in [4.78, 5) is 34.6. The van der Waals surface area contributed by atoms with Gasteiger partial charge in [0, 0.05) is 56.2 Å². The number of carboxylic acid groups (broad SMARTS) is 1. The first-order valence-electron chi connectivity index (χ1n) is 12.1. The topological polar surface area (TPSA) is 118 Å². The van der Waals surface area contributed by atoms with Crippen LogP contribution >= 0.6 is 0 Å². The standard InChI is InChI=1S/C24H26N6O2.C2HF3O2/c1-17(16-30-10-9-18-5-3-4-6-21(18)30)23-26-22(27-32-23)19-7-8-20(25-15-19)24(31)29-13-11-28(2)12-14-29;3-2(4,5)1(6)7/h3-10,15,17H,11-14,16H2,1-2H3;(H,6,7). The van der Waals surface area contributed by atoms with Crippen LogP contribution in [-0.4, -0.2) is 85.9 Å². The Morgan fingerprint density at radius 2 is 1.77 bits per heavy atom. The van der Waals surface area contributed by atoms with Gasteiger partial charge in [-0.25, -0.2) is 4.79 Å². The monoisotopic (exact) mass is 544 g/mol. The van der Waals surface area contributed by atoms with Gasteiger partial charge in [-0.1, -0.05) is 30.3 Å². The van der Waals surface area contributed by atoms with Crippen molar-refractivity contribution in [1.82, 2.24) is 29.5 Å². The third-order valence-electron chi connectivity index (χ3n) is 6.29. The van der Waals surface area contributed by atoms with Crippen LogP contribution < -0.4 is 0 Å². The lowest BCUT2D eigenvalue weighted by Gasteiger charge is -2.32. The quantitative estimate of drug-likeness (QED) is 0.402. The van der Waals surface area contributed by atoms with Crippen LogP contribution in [0.3, 0.4) is 0 Å². The van der Waals surface area contributed by atoms with Gasteiger partial charge in [0.05, 0.1) is 5.92 Å². The second-order valence-corrected chi connectivity index (χ2v) is 9.21. The molecule has 1 unspecified atom stereocenters. The smallest absolute Gasteiger partial charge is 0.475 e. The first-order chi connectivity index (χ1) is 18.5. The summed E-state index contributed by atoms with van der Waals surface area (Å²) in [7, 11) is 2.07. The molecule has 3 aromatic heterocycles. The maximum Gasteiger partial charge on any atom is 0.490 e. The first-order valence-corrected chi connectivity index (χ1v) is 12.1. The molecule has 1 N–H and O–H groups in total. The van der Waals surface area contributed by atoms with E-state index in [2.05, 4.69) is 63.0 Å². The minimum absolute atomic E-state index is 0.0361. The number of likely N-dealkylation sites (N-methyl/N-ethyl adjacent to an activating group) is 1. The fourth-order valence-electron chi connectivity index (χ4n) is 4.05. The summed E-state index contributed by atoms with van der Waals surface area (Å²) in [5.74, 6) is -1.68. The van der Waals surface area contributed by atoms with Crippen molar-refractivity contribution in [3.63, 3.8) is 0 Å². The lowest BCUT2D eigenvalue weighted by atomic mass is 10.1. The Hall–Kier alpha value is -4.26. The third-order valence-corrected chi connectivity index (χ3v) is 6.29. The lowest BCUT2D eigenvalue weighted by molar-refractivity contribution is -0.192. The summed E-state index contributed by atoms with van der Waals surface area (Å²) in [6.07, 6.45) is -1.36. The van der Waals surface area contributed by atoms with Crippen molar-refractivity contribution in [3.8, 4) is 11.4 Å². The van der Waals surface area contributed by atoms with Crippen LogP contribution in [-0.2, 0) is 11.3 Å². The predicted octanol–water partition coefficient (Wildman–Crippen LogP) is 3.91. The van der Waals surface area contributed by atoms with E-state index in [0.29, 0.717) is 17.4 Å². The number of alkyl halides is 3. The van der Waals surface area contributed by atoms with E-state index in [-0.39, 0.29) is 11.8 Å². The van der Waals surface area contributed by atoms with Crippen molar-refractivity contribution in [1.29, 1.82) is 0 Å². The highest BCUT2D eigenvalue weighted by Crippen LogP contribution is 2.23. The van der Waals surface area contributed by atoms with Gasteiger partial charge in [-0.3, -0.25) is 9.78 Å². The third kappa shape index (κ3) is 6.79. The number of hydrogen-bond donors (Lipinski definition) is 1. The highest BCUT2D eigenvalue weighted by atomic mass is 19.4. The summed E-state index contributed by atoms with van der Waals surface area (Å²) in [5, 5.41) is 12.5. The molecule has 0 spiro atoms. The fourth-order valence-corrected chi connectivity index (χ4v) is 4.05. The molecule has 13 heteroatoms. The fraction of sp³-hybridized carbons (Fsp3) is 0.346. The molecule has 1 aliphatic rings. The summed E-state index contributed by atoms with van der Waals surface area (Å²) < 4.78 is 39.5. The molecule has 206 valence electrons. The molecule has 10 nitrogen and oxygen atoms in total. The van der Waals surface area contributed by atoms with Crippen molar-refractivity contribution < 1.29 is 32.4 Å². The predicted molar refractivity (Wildman–Crippen MR) is 135 cm³/mol. The highest BCUT2D eigenvalue weighted by molar-refractivity contribution is 5.92. The number of piperazine rings is 1. The number of hydrogen-bond acceptors (Lipinski definition) is 7. The Balaban J connectivity index is 0.000000448. The van der Waals surface area contributed by atoms with E-state index < -0.39 is 12.1 Å². The highest BCUT2D eigenvalue weighted by Gasteiger charge is 2.38. The van der Waals surface area contributed by atoms with Crippen molar-refractivity contribution >= 4 is 22.8 Å². The summed E-state index contributed by atoms with van der Waals surface area (Å²) >= 11 is 0. The number of halogens is 3. The van der Waals surface area contributed by atoms with Crippen LogP contribution in [0.5, 0.6) is 0 Å². The summed E-state index contributed by atoms with van der Waals surface area (Å²) in [6, 6.07) is 14.0. The zero-order valence-electron chi connectivity index (χ0n) is 21.3. The summed E-state index contributed by atoms with van der Waals surface area (Å²) in [6.45, 7) is 6.02. The largest absolute Gasteiger partial charge is 0.490 e. The van der Waals surface area contributed by atoms with Gasteiger partial charge in [0.25, 0.3) is 5.91 Å². The van der Waals surface area contributed by atoms with Crippen molar-refractivity contribution in [2.24, 2.45) is 0 Å². The van der Waals surface area contributed by atoms with Gasteiger partial charge < -0.3 is 24.0 Å². The van der Waals surface area contributed by atoms with Crippen LogP contribution in [0.25, 0.3) is 22.3 Å². The average molecular weight is 545 g/mol. The molecule has 5 rings (SSSR count). The number of fused-ring (bicyclic) bond motifs is 1. The second kappa shape index (κ2) is 11.6. The normalized spacial score (nSPS) is 15.1. The molecule has 1 aliphatic heterocycles. The molecule has 1 atom stereocenters. The number of carbonyl (C=O) groups is 2. The number of rotatable bonds is 5. The number of aromatic nitrogens is 4. The van der Waals surface area contributed by atoms with E-state index in [1.54, 1.807) is 12.3 Å². The number of nitrogens with zero attached hydrogens (tertiary/aromatic N) is 6. The van der Waals surface area contributed by atoms with Crippen LogP contribution in [0, 0.1) is 0 Å². The van der Waals surface area contributed by atoms with Gasteiger partial charge >= 0.3 is 12.1 Å². The number of aliphatic carboxylic acids is 1. The van der Waals surface area contributed by atoms with Gasteiger partial charge in [0.15, 0.2) is 0 Å². The molecule has 1 amide bonds. The molecule has 1 aromatic carbocycles. The maximum absolute atomic E-state index is 12.7. The Morgan fingerprint density at radius 1 is 1.08 bits per heavy atom. The van der Waals surface area contributed by atoms with Crippen molar-refractivity contribution in [2.45, 2.75) is 25.6 Å². The van der Waals surface area contributed by atoms with E-state index in [1.807, 2.05) is 23.1 Å². The minimum Gasteiger partial charge on any atom is -0.475 e. The van der Waals surface area contributed by atoms with Gasteiger partial charge in [0.1, 0.15) is 5.69 Å². The SMILES string of the molecule is CC(Cn1ccc2ccccc21)c1nc(-c2ccc(C(=O)N3CCN(C)CC3)nc2)no1.O=C(O)C(F)(F)F. The van der Waals surface area contributed by atoms with E-state index in [4.69, 9.17) is 14.4 Å². The van der Waals surface area contributed by atoms with Crippen molar-refractivity contribution in [3.05, 3.63) is 66.4 Å². The lowest BCUT2D eigenvalue weighted by Crippen LogP contribution is -2.47. The van der Waals surface area contributed by atoms with Crippen LogP contribution in [0.4, 0.5) is 13.2 Å². The zero-order valence-corrected chi connectivity index (χ0v) is 21.3. The Kier molecular flexibility index (Phi) is 8.29. The van der Waals surface area contributed by atoms with Crippen LogP contribution in [0.2, 0.25) is 0 Å². The Morgan fingerprint density at radius 3 is 2.41 bits per heavy atom. The van der Waals surface area contributed by atoms with Gasteiger partial charge in [-0.15, -0.1) is 0 Å². The summed E-state index contributed by atoms with van der Waals surface area (Å²) in [5.41, 5.74) is 2.35. The molecule has 1 fully saturated rings. The Labute approximate surface area is 221 Å². The van der Waals surface area contributed by atoms with Crippen LogP contribution in [0.1, 0.15) is 29.2 Å². The molecule has 0 bridgehead atoms. The number of amides is 1. The van der Waals surface area contributed by atoms with E-state index in [9.17, 15) is 18.0 Å². The first kappa shape index (κ1) is 27.8. The second-order valence-electron chi connectivity index (χ2n) is 9.21. The van der Waals surface area contributed by atoms with E-state index >= 15 is 0 Å². The molecule has 4 heterocycles. The molecule has 0 aliphatic carbocycles. The molecular formula is C26H27F3N6O4. The molecule has 1 saturated heterocycles. The number of para-hydroxylation sites is 1.